The molecular formula is C13H17FN2O3. The van der Waals surface area contributed by atoms with Crippen molar-refractivity contribution in [2.45, 2.75) is 31.7 Å². The number of piperidine rings is 1. The van der Waals surface area contributed by atoms with Gasteiger partial charge in [0.05, 0.1) is 16.7 Å². The number of hydrogen-bond donors (Lipinski definition) is 1. The average Bonchev–Trinajstić information content (AvgIpc) is 2.40. The summed E-state index contributed by atoms with van der Waals surface area (Å²) in [6.45, 7) is 0.787. The van der Waals surface area contributed by atoms with Gasteiger partial charge in [0, 0.05) is 25.3 Å². The summed E-state index contributed by atoms with van der Waals surface area (Å²) >= 11 is 0. The van der Waals surface area contributed by atoms with Crippen LogP contribution in [0.1, 0.15) is 25.7 Å². The fraction of sp³-hybridized carbons (Fsp3) is 0.538. The SMILES string of the molecule is O=[N+]([O-])c1ccc(N2CCCC[C@H]2CCO)c(F)c1. The maximum absolute atomic E-state index is 14.0. The highest BCUT2D eigenvalue weighted by atomic mass is 19.1. The third kappa shape index (κ3) is 3.01. The number of nitro groups is 1. The van der Waals surface area contributed by atoms with Crippen LogP contribution < -0.4 is 4.90 Å². The van der Waals surface area contributed by atoms with Crippen molar-refractivity contribution in [2.24, 2.45) is 0 Å². The molecule has 0 unspecified atom stereocenters. The number of hydrogen-bond acceptors (Lipinski definition) is 4. The zero-order valence-electron chi connectivity index (χ0n) is 10.6. The molecule has 1 saturated heterocycles. The standard InChI is InChI=1S/C13H17FN2O3/c14-12-9-11(16(18)19)4-5-13(12)15-7-2-1-3-10(15)6-8-17/h4-5,9-10,17H,1-3,6-8H2/t10-/m0/s1. The normalized spacial score (nSPS) is 19.5. The van der Waals surface area contributed by atoms with Crippen molar-refractivity contribution in [3.63, 3.8) is 0 Å². The Hall–Kier alpha value is -1.69. The van der Waals surface area contributed by atoms with Crippen molar-refractivity contribution in [1.29, 1.82) is 0 Å². The quantitative estimate of drug-likeness (QED) is 0.673. The molecule has 0 bridgehead atoms. The van der Waals surface area contributed by atoms with Crippen LogP contribution in [0.2, 0.25) is 0 Å². The number of aliphatic hydroxyl groups is 1. The first-order valence-electron chi connectivity index (χ1n) is 6.45. The summed E-state index contributed by atoms with van der Waals surface area (Å²) < 4.78 is 14.0. The van der Waals surface area contributed by atoms with Crippen LogP contribution in [0.5, 0.6) is 0 Å². The largest absolute Gasteiger partial charge is 0.396 e. The Balaban J connectivity index is 2.26. The van der Waals surface area contributed by atoms with E-state index in [2.05, 4.69) is 0 Å². The van der Waals surface area contributed by atoms with Gasteiger partial charge < -0.3 is 10.0 Å². The Morgan fingerprint density at radius 1 is 1.47 bits per heavy atom. The zero-order valence-corrected chi connectivity index (χ0v) is 10.6. The molecule has 1 fully saturated rings. The van der Waals surface area contributed by atoms with Crippen LogP contribution in [0.15, 0.2) is 18.2 Å². The fourth-order valence-corrected chi connectivity index (χ4v) is 2.61. The lowest BCUT2D eigenvalue weighted by Gasteiger charge is -2.37. The molecule has 1 aromatic rings. The smallest absolute Gasteiger partial charge is 0.272 e. The average molecular weight is 268 g/mol. The number of nitrogens with zero attached hydrogens (tertiary/aromatic N) is 2. The van der Waals surface area contributed by atoms with E-state index in [9.17, 15) is 14.5 Å². The first-order valence-corrected chi connectivity index (χ1v) is 6.45. The molecule has 0 amide bonds. The van der Waals surface area contributed by atoms with Crippen LogP contribution in [-0.4, -0.2) is 29.2 Å². The minimum Gasteiger partial charge on any atom is -0.396 e. The fourth-order valence-electron chi connectivity index (χ4n) is 2.61. The van der Waals surface area contributed by atoms with Crippen molar-refractivity contribution in [3.8, 4) is 0 Å². The molecule has 0 aliphatic carbocycles. The lowest BCUT2D eigenvalue weighted by Crippen LogP contribution is -2.40. The van der Waals surface area contributed by atoms with Crippen LogP contribution in [0.4, 0.5) is 15.8 Å². The van der Waals surface area contributed by atoms with Gasteiger partial charge in [-0.2, -0.15) is 0 Å². The minimum absolute atomic E-state index is 0.0652. The second-order valence-corrected chi connectivity index (χ2v) is 4.75. The van der Waals surface area contributed by atoms with E-state index in [0.29, 0.717) is 12.1 Å². The summed E-state index contributed by atoms with van der Waals surface area (Å²) in [4.78, 5) is 11.9. The van der Waals surface area contributed by atoms with Crippen molar-refractivity contribution < 1.29 is 14.4 Å². The van der Waals surface area contributed by atoms with E-state index in [1.54, 1.807) is 0 Å². The van der Waals surface area contributed by atoms with Crippen LogP contribution in [0.25, 0.3) is 0 Å². The number of anilines is 1. The van der Waals surface area contributed by atoms with E-state index in [1.807, 2.05) is 4.90 Å². The molecule has 0 saturated carbocycles. The molecule has 2 rings (SSSR count). The first kappa shape index (κ1) is 13.7. The molecule has 1 aliphatic heterocycles. The van der Waals surface area contributed by atoms with E-state index in [0.717, 1.165) is 31.9 Å². The third-order valence-electron chi connectivity index (χ3n) is 3.54. The molecular weight excluding hydrogens is 251 g/mol. The Bertz CT molecular complexity index is 465. The highest BCUT2D eigenvalue weighted by Gasteiger charge is 2.25. The summed E-state index contributed by atoms with van der Waals surface area (Å²) in [5.74, 6) is -0.570. The Morgan fingerprint density at radius 3 is 2.89 bits per heavy atom. The molecule has 1 aromatic carbocycles. The van der Waals surface area contributed by atoms with Gasteiger partial charge in [0.1, 0.15) is 0 Å². The molecule has 5 nitrogen and oxygen atoms in total. The van der Waals surface area contributed by atoms with Gasteiger partial charge in [-0.15, -0.1) is 0 Å². The second-order valence-electron chi connectivity index (χ2n) is 4.75. The molecule has 0 radical (unpaired) electrons. The predicted molar refractivity (Wildman–Crippen MR) is 69.7 cm³/mol. The summed E-state index contributed by atoms with van der Waals surface area (Å²) in [6, 6.07) is 3.85. The van der Waals surface area contributed by atoms with Gasteiger partial charge in [-0.1, -0.05) is 0 Å². The van der Waals surface area contributed by atoms with Crippen molar-refractivity contribution in [2.75, 3.05) is 18.1 Å². The van der Waals surface area contributed by atoms with Crippen molar-refractivity contribution >= 4 is 11.4 Å². The van der Waals surface area contributed by atoms with Gasteiger partial charge in [0.15, 0.2) is 5.82 Å². The number of non-ortho nitro benzene ring substituents is 1. The lowest BCUT2D eigenvalue weighted by molar-refractivity contribution is -0.385. The molecule has 1 heterocycles. The van der Waals surface area contributed by atoms with Crippen molar-refractivity contribution in [3.05, 3.63) is 34.1 Å². The number of rotatable bonds is 4. The van der Waals surface area contributed by atoms with Crippen LogP contribution in [0.3, 0.4) is 0 Å². The van der Waals surface area contributed by atoms with E-state index in [1.165, 1.54) is 12.1 Å². The second kappa shape index (κ2) is 5.97. The molecule has 0 aromatic heterocycles. The molecule has 1 N–H and O–H groups in total. The van der Waals surface area contributed by atoms with E-state index < -0.39 is 10.7 Å². The topological polar surface area (TPSA) is 66.6 Å². The minimum atomic E-state index is -0.603. The predicted octanol–water partition coefficient (Wildman–Crippen LogP) is 2.48. The van der Waals surface area contributed by atoms with Gasteiger partial charge >= 0.3 is 0 Å². The number of nitro benzene ring substituents is 1. The van der Waals surface area contributed by atoms with Gasteiger partial charge in [-0.3, -0.25) is 10.1 Å². The lowest BCUT2D eigenvalue weighted by atomic mass is 9.98. The Morgan fingerprint density at radius 2 is 2.26 bits per heavy atom. The highest BCUT2D eigenvalue weighted by molar-refractivity contribution is 5.53. The maximum atomic E-state index is 14.0. The van der Waals surface area contributed by atoms with Crippen LogP contribution >= 0.6 is 0 Å². The van der Waals surface area contributed by atoms with Crippen molar-refractivity contribution in [1.82, 2.24) is 0 Å². The molecule has 0 spiro atoms. The van der Waals surface area contributed by atoms with Crippen LogP contribution in [-0.2, 0) is 0 Å². The monoisotopic (exact) mass is 268 g/mol. The summed E-state index contributed by atoms with van der Waals surface area (Å²) in [7, 11) is 0. The Kier molecular flexibility index (Phi) is 4.31. The molecule has 6 heteroatoms. The van der Waals surface area contributed by atoms with Gasteiger partial charge in [0.25, 0.3) is 5.69 Å². The number of benzene rings is 1. The molecule has 1 atom stereocenters. The van der Waals surface area contributed by atoms with E-state index in [-0.39, 0.29) is 18.3 Å². The van der Waals surface area contributed by atoms with E-state index >= 15 is 0 Å². The summed E-state index contributed by atoms with van der Waals surface area (Å²) in [5, 5.41) is 19.7. The first-order chi connectivity index (χ1) is 9.13. The zero-order chi connectivity index (χ0) is 13.8. The highest BCUT2D eigenvalue weighted by Crippen LogP contribution is 2.30. The number of aliphatic hydroxyl groups excluding tert-OH is 1. The maximum Gasteiger partial charge on any atom is 0.272 e. The molecule has 19 heavy (non-hydrogen) atoms. The van der Waals surface area contributed by atoms with Gasteiger partial charge in [-0.25, -0.2) is 4.39 Å². The Labute approximate surface area is 110 Å². The van der Waals surface area contributed by atoms with Gasteiger partial charge in [-0.05, 0) is 31.7 Å². The molecule has 1 aliphatic rings. The third-order valence-corrected chi connectivity index (χ3v) is 3.54. The van der Waals surface area contributed by atoms with Crippen LogP contribution in [0, 0.1) is 15.9 Å². The number of halogens is 1. The molecule has 104 valence electrons. The van der Waals surface area contributed by atoms with E-state index in [4.69, 9.17) is 5.11 Å². The summed E-state index contributed by atoms with van der Waals surface area (Å²) in [6.07, 6.45) is 3.54. The van der Waals surface area contributed by atoms with Gasteiger partial charge in [0.2, 0.25) is 0 Å². The summed E-state index contributed by atoms with van der Waals surface area (Å²) in [5.41, 5.74) is 0.153.